The number of halogens is 1. The predicted molar refractivity (Wildman–Crippen MR) is 109 cm³/mol. The van der Waals surface area contributed by atoms with Gasteiger partial charge >= 0.3 is 6.03 Å². The van der Waals surface area contributed by atoms with Crippen LogP contribution < -0.4 is 16.0 Å². The smallest absolute Gasteiger partial charge is 0.324 e. The van der Waals surface area contributed by atoms with Gasteiger partial charge < -0.3 is 16.0 Å². The van der Waals surface area contributed by atoms with Crippen LogP contribution in [0.3, 0.4) is 0 Å². The van der Waals surface area contributed by atoms with Crippen LogP contribution in [0, 0.1) is 0 Å². The number of carbonyl (C=O) groups excluding carboxylic acids is 3. The van der Waals surface area contributed by atoms with Gasteiger partial charge in [0.05, 0.1) is 13.1 Å². The first kappa shape index (κ1) is 21.4. The van der Waals surface area contributed by atoms with Gasteiger partial charge in [0.15, 0.2) is 0 Å². The summed E-state index contributed by atoms with van der Waals surface area (Å²) in [5.74, 6) is -0.509. The van der Waals surface area contributed by atoms with Gasteiger partial charge in [-0.15, -0.1) is 12.4 Å². The zero-order chi connectivity index (χ0) is 19.2. The minimum absolute atomic E-state index is 0. The third-order valence-electron chi connectivity index (χ3n) is 4.30. The van der Waals surface area contributed by atoms with E-state index in [1.807, 2.05) is 31.2 Å². The zero-order valence-corrected chi connectivity index (χ0v) is 16.3. The summed E-state index contributed by atoms with van der Waals surface area (Å²) in [4.78, 5) is 37.2. The first-order valence-corrected chi connectivity index (χ1v) is 8.85. The molecule has 0 spiro atoms. The lowest BCUT2D eigenvalue weighted by Crippen LogP contribution is -2.30. The number of hydrogen-bond donors (Lipinski definition) is 3. The fraction of sp³-hybridized carbons (Fsp3) is 0.250. The first-order chi connectivity index (χ1) is 13.1. The van der Waals surface area contributed by atoms with Gasteiger partial charge in [-0.05, 0) is 35.9 Å². The Hall–Kier alpha value is -2.90. The van der Waals surface area contributed by atoms with Crippen molar-refractivity contribution >= 4 is 35.9 Å². The summed E-state index contributed by atoms with van der Waals surface area (Å²) in [6.45, 7) is 3.69. The molecule has 0 atom stereocenters. The topological polar surface area (TPSA) is 90.5 Å². The largest absolute Gasteiger partial charge is 0.329 e. The van der Waals surface area contributed by atoms with Gasteiger partial charge in [-0.3, -0.25) is 14.5 Å². The number of anilines is 1. The molecule has 0 radical (unpaired) electrons. The molecule has 4 amide bonds. The van der Waals surface area contributed by atoms with Gasteiger partial charge in [0.2, 0.25) is 5.91 Å². The lowest BCUT2D eigenvalue weighted by Gasteiger charge is -2.14. The van der Waals surface area contributed by atoms with Gasteiger partial charge in [-0.1, -0.05) is 37.3 Å². The molecule has 0 bridgehead atoms. The minimum Gasteiger partial charge on any atom is -0.329 e. The Morgan fingerprint density at radius 3 is 2.64 bits per heavy atom. The summed E-state index contributed by atoms with van der Waals surface area (Å²) in [5.41, 5.74) is 2.94. The summed E-state index contributed by atoms with van der Waals surface area (Å²) < 4.78 is 0. The molecule has 148 valence electrons. The van der Waals surface area contributed by atoms with Crippen LogP contribution in [0.25, 0.3) is 0 Å². The Morgan fingerprint density at radius 2 is 1.93 bits per heavy atom. The number of urea groups is 1. The second-order valence-corrected chi connectivity index (χ2v) is 6.23. The summed E-state index contributed by atoms with van der Waals surface area (Å²) >= 11 is 0. The number of nitrogens with one attached hydrogen (secondary N) is 3. The standard InChI is InChI=1S/C20H22N4O3.ClH/c1-2-21-11-16-7-3-4-9-17(16)23-19(26)15-8-5-6-14(10-15)13-24-18(25)12-22-20(24)27;/h3-10,21H,2,11-13H2,1H3,(H,22,27)(H,23,26);1H. The maximum absolute atomic E-state index is 12.7. The molecule has 0 saturated carbocycles. The van der Waals surface area contributed by atoms with Crippen molar-refractivity contribution in [3.05, 3.63) is 65.2 Å². The summed E-state index contributed by atoms with van der Waals surface area (Å²) in [6.07, 6.45) is 0. The number of nitrogens with zero attached hydrogens (tertiary/aromatic N) is 1. The van der Waals surface area contributed by atoms with E-state index < -0.39 is 6.03 Å². The van der Waals surface area contributed by atoms with E-state index in [1.165, 1.54) is 0 Å². The van der Waals surface area contributed by atoms with Crippen LogP contribution in [0.4, 0.5) is 10.5 Å². The van der Waals surface area contributed by atoms with Gasteiger partial charge in [0.25, 0.3) is 5.91 Å². The molecule has 3 rings (SSSR count). The zero-order valence-electron chi connectivity index (χ0n) is 15.5. The fourth-order valence-electron chi connectivity index (χ4n) is 2.86. The van der Waals surface area contributed by atoms with E-state index in [4.69, 9.17) is 0 Å². The highest BCUT2D eigenvalue weighted by atomic mass is 35.5. The van der Waals surface area contributed by atoms with Crippen molar-refractivity contribution in [3.8, 4) is 0 Å². The molecular formula is C20H23ClN4O3. The van der Waals surface area contributed by atoms with Gasteiger partial charge in [-0.25, -0.2) is 4.79 Å². The molecule has 7 nitrogen and oxygen atoms in total. The molecule has 1 heterocycles. The van der Waals surface area contributed by atoms with Gasteiger partial charge in [0.1, 0.15) is 0 Å². The summed E-state index contributed by atoms with van der Waals surface area (Å²) in [5, 5.41) is 8.67. The lowest BCUT2D eigenvalue weighted by molar-refractivity contribution is -0.125. The highest BCUT2D eigenvalue weighted by Gasteiger charge is 2.28. The predicted octanol–water partition coefficient (Wildman–Crippen LogP) is 2.52. The summed E-state index contributed by atoms with van der Waals surface area (Å²) in [6, 6.07) is 14.2. The Bertz CT molecular complexity index is 856. The molecule has 3 N–H and O–H groups in total. The van der Waals surface area contributed by atoms with Crippen molar-refractivity contribution in [1.29, 1.82) is 0 Å². The normalized spacial score (nSPS) is 13.1. The molecular weight excluding hydrogens is 380 g/mol. The van der Waals surface area contributed by atoms with Crippen molar-refractivity contribution < 1.29 is 14.4 Å². The van der Waals surface area contributed by atoms with Crippen LogP contribution >= 0.6 is 12.4 Å². The van der Waals surface area contributed by atoms with Crippen LogP contribution in [0.15, 0.2) is 48.5 Å². The average Bonchev–Trinajstić information content (AvgIpc) is 2.99. The van der Waals surface area contributed by atoms with E-state index in [-0.39, 0.29) is 37.3 Å². The second kappa shape index (κ2) is 9.87. The second-order valence-electron chi connectivity index (χ2n) is 6.23. The average molecular weight is 403 g/mol. The lowest BCUT2D eigenvalue weighted by atomic mass is 10.1. The number of rotatable bonds is 7. The molecule has 1 aliphatic heterocycles. The number of amides is 4. The van der Waals surface area contributed by atoms with Crippen molar-refractivity contribution in [1.82, 2.24) is 15.5 Å². The van der Waals surface area contributed by atoms with Crippen LogP contribution in [0.5, 0.6) is 0 Å². The van der Waals surface area contributed by atoms with E-state index in [0.717, 1.165) is 22.7 Å². The molecule has 1 aliphatic rings. The Labute approximate surface area is 169 Å². The van der Waals surface area contributed by atoms with Crippen LogP contribution in [0.1, 0.15) is 28.4 Å². The number of para-hydroxylation sites is 1. The van der Waals surface area contributed by atoms with E-state index in [2.05, 4.69) is 16.0 Å². The van der Waals surface area contributed by atoms with Crippen molar-refractivity contribution in [3.63, 3.8) is 0 Å². The van der Waals surface area contributed by atoms with Crippen molar-refractivity contribution in [2.24, 2.45) is 0 Å². The molecule has 8 heteroatoms. The van der Waals surface area contributed by atoms with E-state index in [0.29, 0.717) is 17.7 Å². The van der Waals surface area contributed by atoms with Crippen LogP contribution in [-0.4, -0.2) is 35.8 Å². The van der Waals surface area contributed by atoms with E-state index in [9.17, 15) is 14.4 Å². The Morgan fingerprint density at radius 1 is 1.14 bits per heavy atom. The number of hydrogen-bond acceptors (Lipinski definition) is 4. The van der Waals surface area contributed by atoms with Crippen molar-refractivity contribution in [2.45, 2.75) is 20.0 Å². The highest BCUT2D eigenvalue weighted by molar-refractivity contribution is 6.05. The number of imide groups is 1. The molecule has 0 aromatic heterocycles. The molecule has 0 aliphatic carbocycles. The molecule has 1 saturated heterocycles. The van der Waals surface area contributed by atoms with Crippen LogP contribution in [0.2, 0.25) is 0 Å². The fourth-order valence-corrected chi connectivity index (χ4v) is 2.86. The molecule has 28 heavy (non-hydrogen) atoms. The quantitative estimate of drug-likeness (QED) is 0.621. The number of carbonyl (C=O) groups is 3. The monoisotopic (exact) mass is 402 g/mol. The number of benzene rings is 2. The minimum atomic E-state index is -0.410. The maximum Gasteiger partial charge on any atom is 0.324 e. The Balaban J connectivity index is 0.00000280. The third kappa shape index (κ3) is 5.09. The first-order valence-electron chi connectivity index (χ1n) is 8.85. The summed E-state index contributed by atoms with van der Waals surface area (Å²) in [7, 11) is 0. The van der Waals surface area contributed by atoms with E-state index >= 15 is 0 Å². The molecule has 1 fully saturated rings. The van der Waals surface area contributed by atoms with Crippen molar-refractivity contribution in [2.75, 3.05) is 18.4 Å². The van der Waals surface area contributed by atoms with Gasteiger partial charge in [-0.2, -0.15) is 0 Å². The molecule has 0 unspecified atom stereocenters. The third-order valence-corrected chi connectivity index (χ3v) is 4.30. The highest BCUT2D eigenvalue weighted by Crippen LogP contribution is 2.17. The maximum atomic E-state index is 12.7. The molecule has 2 aromatic rings. The van der Waals surface area contributed by atoms with E-state index in [1.54, 1.807) is 24.3 Å². The molecule has 2 aromatic carbocycles. The van der Waals surface area contributed by atoms with Crippen LogP contribution in [-0.2, 0) is 17.9 Å². The SMILES string of the molecule is CCNCc1ccccc1NC(=O)c1cccc(CN2C(=O)CNC2=O)c1.Cl. The Kier molecular flexibility index (Phi) is 7.54. The van der Waals surface area contributed by atoms with Gasteiger partial charge in [0, 0.05) is 17.8 Å².